The first kappa shape index (κ1) is 22.8. The molecule has 0 radical (unpaired) electrons. The van der Waals surface area contributed by atoms with Gasteiger partial charge in [-0.1, -0.05) is 0 Å². The summed E-state index contributed by atoms with van der Waals surface area (Å²) in [7, 11) is 0. The molecule has 3 aliphatic heterocycles. The van der Waals surface area contributed by atoms with Crippen molar-refractivity contribution in [1.29, 1.82) is 0 Å². The molecule has 32 heavy (non-hydrogen) atoms. The van der Waals surface area contributed by atoms with Gasteiger partial charge in [0.05, 0.1) is 12.1 Å². The summed E-state index contributed by atoms with van der Waals surface area (Å²) in [5.41, 5.74) is 0.173. The second-order valence-corrected chi connectivity index (χ2v) is 9.94. The fourth-order valence-electron chi connectivity index (χ4n) is 4.54. The van der Waals surface area contributed by atoms with E-state index < -0.39 is 24.0 Å². The van der Waals surface area contributed by atoms with Crippen LogP contribution in [-0.2, 0) is 11.2 Å². The summed E-state index contributed by atoms with van der Waals surface area (Å²) in [6, 6.07) is 2.42. The number of fused-ring (bicyclic) bond motifs is 1. The molecular formula is C22H28F4N4O2. The molecule has 3 heterocycles. The fourth-order valence-corrected chi connectivity index (χ4v) is 4.54. The Balaban J connectivity index is 1.39. The number of alkyl halides is 3. The number of hydrazine groups is 1. The molecule has 0 aliphatic carbocycles. The van der Waals surface area contributed by atoms with Crippen LogP contribution in [0.5, 0.6) is 0 Å². The zero-order valence-corrected chi connectivity index (χ0v) is 18.5. The molecule has 2 saturated heterocycles. The molecule has 0 aromatic heterocycles. The van der Waals surface area contributed by atoms with Crippen molar-refractivity contribution in [3.05, 3.63) is 29.1 Å². The van der Waals surface area contributed by atoms with Crippen LogP contribution in [0.2, 0.25) is 0 Å². The molecule has 4 rings (SSSR count). The first-order valence-electron chi connectivity index (χ1n) is 10.7. The van der Waals surface area contributed by atoms with Crippen molar-refractivity contribution < 1.29 is 27.1 Å². The van der Waals surface area contributed by atoms with E-state index in [2.05, 4.69) is 10.0 Å². The lowest BCUT2D eigenvalue weighted by Crippen LogP contribution is -2.66. The predicted molar refractivity (Wildman–Crippen MR) is 112 cm³/mol. The first-order valence-corrected chi connectivity index (χ1v) is 10.7. The van der Waals surface area contributed by atoms with Crippen molar-refractivity contribution in [2.24, 2.45) is 10.4 Å². The van der Waals surface area contributed by atoms with E-state index in [1.807, 2.05) is 25.8 Å². The molecule has 176 valence electrons. The van der Waals surface area contributed by atoms with E-state index in [-0.39, 0.29) is 17.1 Å². The number of carbonyl (C=O) groups excluding carboxylic acids is 1. The van der Waals surface area contributed by atoms with E-state index >= 15 is 0 Å². The summed E-state index contributed by atoms with van der Waals surface area (Å²) in [6.45, 7) is 8.52. The Labute approximate surface area is 184 Å². The monoisotopic (exact) mass is 456 g/mol. The minimum Gasteiger partial charge on any atom is -0.444 e. The van der Waals surface area contributed by atoms with Gasteiger partial charge in [-0.25, -0.2) is 14.2 Å². The second kappa shape index (κ2) is 7.90. The van der Waals surface area contributed by atoms with Crippen molar-refractivity contribution >= 4 is 18.0 Å². The standard InChI is InChI=1S/C22H28F4N4O2/c1-20(2,3)32-19(31)28-6-4-21(5-7-28)12-29(13-21)30-14-27-11-16-8-15(10-22(24,25)26)17(23)9-18(16)30/h8-9,11H,4-7,10,12-14H2,1-3H3. The number of carbonyl (C=O) groups is 1. The van der Waals surface area contributed by atoms with Crippen LogP contribution in [0.1, 0.15) is 44.7 Å². The highest BCUT2D eigenvalue weighted by atomic mass is 19.4. The number of benzene rings is 1. The van der Waals surface area contributed by atoms with Gasteiger partial charge >= 0.3 is 12.3 Å². The number of hydrogen-bond donors (Lipinski definition) is 0. The Kier molecular flexibility index (Phi) is 5.63. The van der Waals surface area contributed by atoms with E-state index in [1.54, 1.807) is 4.90 Å². The SMILES string of the molecule is CC(C)(C)OC(=O)N1CCC2(CC1)CN(N1CN=Cc3cc(CC(F)(F)F)c(F)cc31)C2. The molecule has 1 amide bonds. The third kappa shape index (κ3) is 4.84. The van der Waals surface area contributed by atoms with Gasteiger partial charge < -0.3 is 9.64 Å². The number of ether oxygens (including phenoxy) is 1. The lowest BCUT2D eigenvalue weighted by atomic mass is 9.73. The molecule has 3 aliphatic rings. The number of aliphatic imine (C=N–C) groups is 1. The van der Waals surface area contributed by atoms with Crippen molar-refractivity contribution in [2.75, 3.05) is 37.9 Å². The maximum Gasteiger partial charge on any atom is 0.410 e. The molecule has 10 heteroatoms. The highest BCUT2D eigenvalue weighted by Gasteiger charge is 2.48. The van der Waals surface area contributed by atoms with E-state index in [9.17, 15) is 22.4 Å². The summed E-state index contributed by atoms with van der Waals surface area (Å²) in [5, 5.41) is 3.89. The van der Waals surface area contributed by atoms with Gasteiger partial charge in [-0.15, -0.1) is 0 Å². The van der Waals surface area contributed by atoms with Crippen LogP contribution in [0.4, 0.5) is 28.0 Å². The Morgan fingerprint density at radius 2 is 1.81 bits per heavy atom. The van der Waals surface area contributed by atoms with E-state index in [0.717, 1.165) is 25.9 Å². The molecule has 0 saturated carbocycles. The summed E-state index contributed by atoms with van der Waals surface area (Å²) >= 11 is 0. The average Bonchev–Trinajstić information content (AvgIpc) is 2.64. The van der Waals surface area contributed by atoms with Gasteiger partial charge in [-0.3, -0.25) is 10.0 Å². The number of piperidine rings is 1. The highest BCUT2D eigenvalue weighted by Crippen LogP contribution is 2.43. The van der Waals surface area contributed by atoms with Gasteiger partial charge in [-0.05, 0) is 51.3 Å². The number of amides is 1. The fraction of sp³-hybridized carbons (Fsp3) is 0.636. The van der Waals surface area contributed by atoms with Crippen molar-refractivity contribution in [3.8, 4) is 0 Å². The van der Waals surface area contributed by atoms with E-state index in [0.29, 0.717) is 31.0 Å². The minimum atomic E-state index is -4.47. The molecule has 2 fully saturated rings. The summed E-state index contributed by atoms with van der Waals surface area (Å²) in [5.74, 6) is -0.859. The molecule has 1 spiro atoms. The smallest absolute Gasteiger partial charge is 0.410 e. The molecule has 0 unspecified atom stereocenters. The maximum atomic E-state index is 14.4. The van der Waals surface area contributed by atoms with Crippen molar-refractivity contribution in [2.45, 2.75) is 51.8 Å². The van der Waals surface area contributed by atoms with Crippen LogP contribution in [0.15, 0.2) is 17.1 Å². The Morgan fingerprint density at radius 1 is 1.16 bits per heavy atom. The second-order valence-electron chi connectivity index (χ2n) is 9.94. The normalized spacial score (nSPS) is 20.8. The number of anilines is 1. The number of hydrogen-bond acceptors (Lipinski definition) is 5. The van der Waals surface area contributed by atoms with Gasteiger partial charge in [-0.2, -0.15) is 13.2 Å². The average molecular weight is 456 g/mol. The molecule has 0 atom stereocenters. The summed E-state index contributed by atoms with van der Waals surface area (Å²) < 4.78 is 58.1. The molecule has 0 N–H and O–H groups in total. The van der Waals surface area contributed by atoms with Crippen LogP contribution in [0.3, 0.4) is 0 Å². The molecular weight excluding hydrogens is 428 g/mol. The molecule has 6 nitrogen and oxygen atoms in total. The third-order valence-electron chi connectivity index (χ3n) is 6.16. The van der Waals surface area contributed by atoms with Crippen LogP contribution < -0.4 is 5.01 Å². The first-order chi connectivity index (χ1) is 14.8. The van der Waals surface area contributed by atoms with Gasteiger partial charge in [0.1, 0.15) is 18.1 Å². The van der Waals surface area contributed by atoms with Crippen LogP contribution in [0.25, 0.3) is 0 Å². The molecule has 1 aromatic carbocycles. The molecule has 1 aromatic rings. The van der Waals surface area contributed by atoms with Gasteiger partial charge in [0.25, 0.3) is 0 Å². The third-order valence-corrected chi connectivity index (χ3v) is 6.16. The summed E-state index contributed by atoms with van der Waals surface area (Å²) in [6.07, 6.45) is -2.90. The van der Waals surface area contributed by atoms with Crippen molar-refractivity contribution in [3.63, 3.8) is 0 Å². The number of rotatable bonds is 2. The largest absolute Gasteiger partial charge is 0.444 e. The number of halogens is 4. The Bertz CT molecular complexity index is 910. The van der Waals surface area contributed by atoms with Gasteiger partial charge in [0.2, 0.25) is 0 Å². The van der Waals surface area contributed by atoms with Gasteiger partial charge in [0, 0.05) is 43.4 Å². The van der Waals surface area contributed by atoms with Crippen LogP contribution >= 0.6 is 0 Å². The lowest BCUT2D eigenvalue weighted by Gasteiger charge is -2.57. The Morgan fingerprint density at radius 3 is 2.41 bits per heavy atom. The predicted octanol–water partition coefficient (Wildman–Crippen LogP) is 4.37. The molecule has 0 bridgehead atoms. The maximum absolute atomic E-state index is 14.4. The topological polar surface area (TPSA) is 48.4 Å². The zero-order valence-electron chi connectivity index (χ0n) is 18.5. The van der Waals surface area contributed by atoms with E-state index in [1.165, 1.54) is 18.3 Å². The highest BCUT2D eigenvalue weighted by molar-refractivity contribution is 5.90. The van der Waals surface area contributed by atoms with Crippen LogP contribution in [0, 0.1) is 11.2 Å². The number of nitrogens with zero attached hydrogens (tertiary/aromatic N) is 4. The van der Waals surface area contributed by atoms with Gasteiger partial charge in [0.15, 0.2) is 0 Å². The summed E-state index contributed by atoms with van der Waals surface area (Å²) in [4.78, 5) is 18.3. The minimum absolute atomic E-state index is 0.0641. The lowest BCUT2D eigenvalue weighted by molar-refractivity contribution is -0.127. The van der Waals surface area contributed by atoms with E-state index in [4.69, 9.17) is 4.74 Å². The quantitative estimate of drug-likeness (QED) is 0.620. The van der Waals surface area contributed by atoms with Crippen molar-refractivity contribution in [1.82, 2.24) is 9.91 Å². The van der Waals surface area contributed by atoms with Crippen LogP contribution in [-0.4, -0.2) is 66.8 Å². The Hall–Kier alpha value is -2.36. The number of likely N-dealkylation sites (tertiary alicyclic amines) is 1. The zero-order chi connectivity index (χ0) is 23.3.